The van der Waals surface area contributed by atoms with Crippen molar-refractivity contribution in [2.75, 3.05) is 13.9 Å². The van der Waals surface area contributed by atoms with Crippen LogP contribution in [0, 0.1) is 5.92 Å². The first kappa shape index (κ1) is 16.1. The molecule has 0 radical (unpaired) electrons. The fraction of sp³-hybridized carbons (Fsp3) is 0.350. The van der Waals surface area contributed by atoms with Gasteiger partial charge in [0.2, 0.25) is 12.5 Å². The molecule has 2 heterocycles. The van der Waals surface area contributed by atoms with Gasteiger partial charge in [0.05, 0.1) is 13.0 Å². The number of carbonyl (C=O) groups is 1. The molecule has 5 rings (SSSR count). The fourth-order valence-corrected chi connectivity index (χ4v) is 4.35. The van der Waals surface area contributed by atoms with Crippen LogP contribution in [-0.2, 0) is 4.79 Å². The Morgan fingerprint density at radius 3 is 2.63 bits per heavy atom. The molecule has 0 spiro atoms. The highest BCUT2D eigenvalue weighted by molar-refractivity contribution is 5.86. The summed E-state index contributed by atoms with van der Waals surface area (Å²) in [5, 5.41) is 20.1. The molecule has 2 aromatic rings. The van der Waals surface area contributed by atoms with E-state index in [1.807, 2.05) is 6.07 Å². The Morgan fingerprint density at radius 2 is 1.85 bits per heavy atom. The number of ketones is 1. The molecule has 1 saturated carbocycles. The molecule has 3 atom stereocenters. The summed E-state index contributed by atoms with van der Waals surface area (Å²) in [6, 6.07) is 6.76. The predicted molar refractivity (Wildman–Crippen MR) is 92.9 cm³/mol. The van der Waals surface area contributed by atoms with Crippen LogP contribution in [0.1, 0.15) is 29.9 Å². The third kappa shape index (κ3) is 2.31. The smallest absolute Gasteiger partial charge is 0.231 e. The molecule has 27 heavy (non-hydrogen) atoms. The van der Waals surface area contributed by atoms with Crippen molar-refractivity contribution in [1.29, 1.82) is 0 Å². The van der Waals surface area contributed by atoms with Gasteiger partial charge in [-0.3, -0.25) is 4.79 Å². The highest BCUT2D eigenvalue weighted by Gasteiger charge is 2.48. The molecule has 1 fully saturated rings. The first-order valence-corrected chi connectivity index (χ1v) is 8.79. The van der Waals surface area contributed by atoms with Gasteiger partial charge in [-0.15, -0.1) is 0 Å². The number of hydrogen-bond donors (Lipinski definition) is 2. The van der Waals surface area contributed by atoms with Crippen molar-refractivity contribution < 1.29 is 34.0 Å². The Hall–Kier alpha value is -3.09. The lowest BCUT2D eigenvalue weighted by Crippen LogP contribution is -2.35. The molecule has 3 aliphatic rings. The zero-order chi connectivity index (χ0) is 18.7. The molecule has 0 aromatic heterocycles. The first-order valence-electron chi connectivity index (χ1n) is 8.79. The van der Waals surface area contributed by atoms with Gasteiger partial charge in [0.25, 0.3) is 0 Å². The summed E-state index contributed by atoms with van der Waals surface area (Å²) in [5.74, 6) is 0.804. The van der Waals surface area contributed by atoms with Gasteiger partial charge in [0.1, 0.15) is 17.6 Å². The zero-order valence-electron chi connectivity index (χ0n) is 14.6. The molecule has 2 aromatic carbocycles. The van der Waals surface area contributed by atoms with Crippen molar-refractivity contribution in [3.8, 4) is 34.5 Å². The Morgan fingerprint density at radius 1 is 1.07 bits per heavy atom. The van der Waals surface area contributed by atoms with E-state index in [4.69, 9.17) is 18.9 Å². The second-order valence-corrected chi connectivity index (χ2v) is 7.00. The number of Topliss-reactive ketones (excluding diaryl/α,β-unsaturated/α-hetero) is 1. The summed E-state index contributed by atoms with van der Waals surface area (Å²) in [4.78, 5) is 12.7. The van der Waals surface area contributed by atoms with Crippen molar-refractivity contribution in [2.45, 2.75) is 24.9 Å². The lowest BCUT2D eigenvalue weighted by Gasteiger charge is -2.35. The Labute approximate surface area is 155 Å². The Kier molecular flexibility index (Phi) is 3.40. The van der Waals surface area contributed by atoms with Crippen molar-refractivity contribution in [3.05, 3.63) is 35.4 Å². The molecular formula is C20H18O7. The second-order valence-electron chi connectivity index (χ2n) is 7.00. The van der Waals surface area contributed by atoms with Gasteiger partial charge in [-0.05, 0) is 30.2 Å². The van der Waals surface area contributed by atoms with E-state index in [0.717, 1.165) is 5.56 Å². The maximum absolute atomic E-state index is 12.7. The number of rotatable bonds is 2. The highest BCUT2D eigenvalue weighted by Crippen LogP contribution is 2.53. The minimum absolute atomic E-state index is 0.125. The van der Waals surface area contributed by atoms with Gasteiger partial charge >= 0.3 is 0 Å². The largest absolute Gasteiger partial charge is 0.504 e. The Balaban J connectivity index is 1.72. The van der Waals surface area contributed by atoms with Crippen molar-refractivity contribution in [1.82, 2.24) is 0 Å². The van der Waals surface area contributed by atoms with Gasteiger partial charge in [-0.25, -0.2) is 0 Å². The van der Waals surface area contributed by atoms with E-state index in [9.17, 15) is 15.0 Å². The Bertz CT molecular complexity index is 952. The molecule has 1 aliphatic carbocycles. The number of phenols is 2. The SMILES string of the molecule is COc1cc(C2c3cc4c(cc3OC3CCC(=O)C32)OCO4)cc(O)c1O. The summed E-state index contributed by atoms with van der Waals surface area (Å²) in [6.07, 6.45) is 0.861. The lowest BCUT2D eigenvalue weighted by molar-refractivity contribution is -0.122. The van der Waals surface area contributed by atoms with Crippen LogP contribution in [0.5, 0.6) is 34.5 Å². The molecule has 7 heteroatoms. The molecule has 2 N–H and O–H groups in total. The molecule has 7 nitrogen and oxygen atoms in total. The number of benzene rings is 2. The van der Waals surface area contributed by atoms with Gasteiger partial charge in [0.15, 0.2) is 23.0 Å². The number of hydrogen-bond acceptors (Lipinski definition) is 7. The summed E-state index contributed by atoms with van der Waals surface area (Å²) >= 11 is 0. The van der Waals surface area contributed by atoms with Crippen LogP contribution in [0.15, 0.2) is 24.3 Å². The molecule has 140 valence electrons. The molecule has 0 saturated heterocycles. The van der Waals surface area contributed by atoms with E-state index >= 15 is 0 Å². The van der Waals surface area contributed by atoms with Crippen LogP contribution >= 0.6 is 0 Å². The average molecular weight is 370 g/mol. The third-order valence-corrected chi connectivity index (χ3v) is 5.58. The summed E-state index contributed by atoms with van der Waals surface area (Å²) in [5.41, 5.74) is 1.47. The van der Waals surface area contributed by atoms with E-state index in [-0.39, 0.29) is 47.8 Å². The van der Waals surface area contributed by atoms with Crippen molar-refractivity contribution in [3.63, 3.8) is 0 Å². The number of methoxy groups -OCH3 is 1. The van der Waals surface area contributed by atoms with Crippen LogP contribution in [0.2, 0.25) is 0 Å². The molecule has 3 unspecified atom stereocenters. The second kappa shape index (κ2) is 5.70. The van der Waals surface area contributed by atoms with Gasteiger partial charge in [0, 0.05) is 24.0 Å². The van der Waals surface area contributed by atoms with Gasteiger partial charge in [-0.1, -0.05) is 0 Å². The van der Waals surface area contributed by atoms with E-state index < -0.39 is 0 Å². The van der Waals surface area contributed by atoms with Crippen LogP contribution in [0.4, 0.5) is 0 Å². The molecule has 0 amide bonds. The monoisotopic (exact) mass is 370 g/mol. The quantitative estimate of drug-likeness (QED) is 0.785. The summed E-state index contributed by atoms with van der Waals surface area (Å²) in [7, 11) is 1.41. The lowest BCUT2D eigenvalue weighted by atomic mass is 9.76. The van der Waals surface area contributed by atoms with Crippen LogP contribution < -0.4 is 18.9 Å². The zero-order valence-corrected chi connectivity index (χ0v) is 14.6. The van der Waals surface area contributed by atoms with Crippen LogP contribution in [-0.4, -0.2) is 36.0 Å². The van der Waals surface area contributed by atoms with Crippen molar-refractivity contribution >= 4 is 5.78 Å². The number of carbonyl (C=O) groups excluding carboxylic acids is 1. The normalized spacial score (nSPS) is 24.9. The molecule has 2 aliphatic heterocycles. The fourth-order valence-electron chi connectivity index (χ4n) is 4.35. The summed E-state index contributed by atoms with van der Waals surface area (Å²) in [6.45, 7) is 0.141. The number of fused-ring (bicyclic) bond motifs is 3. The van der Waals surface area contributed by atoms with Gasteiger partial charge in [-0.2, -0.15) is 0 Å². The maximum Gasteiger partial charge on any atom is 0.231 e. The first-order chi connectivity index (χ1) is 13.1. The predicted octanol–water partition coefficient (Wildman–Crippen LogP) is 2.71. The van der Waals surface area contributed by atoms with E-state index in [0.29, 0.717) is 35.7 Å². The average Bonchev–Trinajstić information content (AvgIpc) is 3.26. The minimum Gasteiger partial charge on any atom is -0.504 e. The topological polar surface area (TPSA) is 94.5 Å². The van der Waals surface area contributed by atoms with E-state index in [1.54, 1.807) is 12.1 Å². The van der Waals surface area contributed by atoms with Crippen LogP contribution in [0.3, 0.4) is 0 Å². The third-order valence-electron chi connectivity index (χ3n) is 5.58. The molecule has 0 bridgehead atoms. The number of ether oxygens (including phenoxy) is 4. The molecular weight excluding hydrogens is 352 g/mol. The standard InChI is InChI=1S/C20H18O7/c1-24-17-5-9(4-12(22)20(17)23)18-10-6-15-16(26-8-25-15)7-14(10)27-13-3-2-11(21)19(13)18/h4-7,13,18-19,22-23H,2-3,8H2,1H3. The number of phenolic OH excluding ortho intramolecular Hbond substituents is 2. The van der Waals surface area contributed by atoms with Crippen LogP contribution in [0.25, 0.3) is 0 Å². The van der Waals surface area contributed by atoms with Crippen molar-refractivity contribution in [2.24, 2.45) is 5.92 Å². The highest BCUT2D eigenvalue weighted by atomic mass is 16.7. The summed E-state index contributed by atoms with van der Waals surface area (Å²) < 4.78 is 22.2. The number of aromatic hydroxyl groups is 2. The van der Waals surface area contributed by atoms with E-state index in [2.05, 4.69) is 0 Å². The maximum atomic E-state index is 12.7. The minimum atomic E-state index is -0.369. The van der Waals surface area contributed by atoms with E-state index in [1.165, 1.54) is 13.2 Å². The van der Waals surface area contributed by atoms with Gasteiger partial charge < -0.3 is 29.2 Å².